The Bertz CT molecular complexity index is 329. The van der Waals surface area contributed by atoms with Gasteiger partial charge in [-0.05, 0) is 31.1 Å². The zero-order valence-electron chi connectivity index (χ0n) is 10.3. The van der Waals surface area contributed by atoms with E-state index in [-0.39, 0.29) is 16.9 Å². The van der Waals surface area contributed by atoms with Crippen LogP contribution in [0.4, 0.5) is 0 Å². The molecule has 3 rings (SSSR count). The molecule has 1 spiro atoms. The van der Waals surface area contributed by atoms with Gasteiger partial charge in [-0.25, -0.2) is 0 Å². The SMILES string of the molecule is CC1(C2(C)CC(=O)NC23CCOCC3)CC1. The quantitative estimate of drug-likeness (QED) is 0.737. The van der Waals surface area contributed by atoms with Crippen LogP contribution in [0.5, 0.6) is 0 Å². The van der Waals surface area contributed by atoms with Crippen molar-refractivity contribution in [1.29, 1.82) is 0 Å². The smallest absolute Gasteiger partial charge is 0.221 e. The molecule has 16 heavy (non-hydrogen) atoms. The molecule has 2 heterocycles. The van der Waals surface area contributed by atoms with Crippen molar-refractivity contribution in [3.05, 3.63) is 0 Å². The molecule has 0 aromatic rings. The Labute approximate surface area is 96.9 Å². The second-order valence-corrected chi connectivity index (χ2v) is 6.31. The molecular weight excluding hydrogens is 202 g/mol. The van der Waals surface area contributed by atoms with Gasteiger partial charge in [-0.2, -0.15) is 0 Å². The number of nitrogens with one attached hydrogen (secondary N) is 1. The fourth-order valence-electron chi connectivity index (χ4n) is 3.87. The van der Waals surface area contributed by atoms with E-state index in [4.69, 9.17) is 4.74 Å². The Morgan fingerprint density at radius 1 is 1.12 bits per heavy atom. The fraction of sp³-hybridized carbons (Fsp3) is 0.923. The van der Waals surface area contributed by atoms with Crippen molar-refractivity contribution < 1.29 is 9.53 Å². The van der Waals surface area contributed by atoms with Crippen LogP contribution in [0.1, 0.15) is 46.0 Å². The van der Waals surface area contributed by atoms with E-state index in [1.165, 1.54) is 12.8 Å². The highest BCUT2D eigenvalue weighted by atomic mass is 16.5. The van der Waals surface area contributed by atoms with E-state index >= 15 is 0 Å². The first-order valence-electron chi connectivity index (χ1n) is 6.40. The molecule has 3 heteroatoms. The molecular formula is C13H21NO2. The second-order valence-electron chi connectivity index (χ2n) is 6.31. The lowest BCUT2D eigenvalue weighted by Gasteiger charge is -2.49. The van der Waals surface area contributed by atoms with E-state index in [1.807, 2.05) is 0 Å². The number of rotatable bonds is 1. The topological polar surface area (TPSA) is 38.3 Å². The molecule has 0 bridgehead atoms. The molecule has 2 aliphatic heterocycles. The average Bonchev–Trinajstić information content (AvgIpc) is 2.93. The number of carbonyl (C=O) groups is 1. The van der Waals surface area contributed by atoms with Gasteiger partial charge in [0, 0.05) is 25.0 Å². The number of hydrogen-bond donors (Lipinski definition) is 1. The third-order valence-corrected chi connectivity index (χ3v) is 5.63. The van der Waals surface area contributed by atoms with Crippen molar-refractivity contribution in [3.63, 3.8) is 0 Å². The first-order valence-corrected chi connectivity index (χ1v) is 6.40. The van der Waals surface area contributed by atoms with Crippen molar-refractivity contribution in [2.24, 2.45) is 10.8 Å². The second kappa shape index (κ2) is 3.00. The number of ether oxygens (including phenoxy) is 1. The van der Waals surface area contributed by atoms with Crippen molar-refractivity contribution in [2.45, 2.75) is 51.5 Å². The van der Waals surface area contributed by atoms with Crippen LogP contribution in [0.25, 0.3) is 0 Å². The van der Waals surface area contributed by atoms with Gasteiger partial charge in [0.15, 0.2) is 0 Å². The van der Waals surface area contributed by atoms with Crippen molar-refractivity contribution >= 4 is 5.91 Å². The van der Waals surface area contributed by atoms with Gasteiger partial charge in [0.1, 0.15) is 0 Å². The lowest BCUT2D eigenvalue weighted by molar-refractivity contribution is -0.120. The van der Waals surface area contributed by atoms with Crippen LogP contribution in [0.15, 0.2) is 0 Å². The molecule has 0 radical (unpaired) electrons. The van der Waals surface area contributed by atoms with E-state index in [0.717, 1.165) is 26.1 Å². The van der Waals surface area contributed by atoms with Crippen LogP contribution < -0.4 is 5.32 Å². The zero-order valence-corrected chi connectivity index (χ0v) is 10.3. The molecule has 90 valence electrons. The lowest BCUT2D eigenvalue weighted by atomic mass is 9.59. The predicted molar refractivity (Wildman–Crippen MR) is 61.0 cm³/mol. The highest BCUT2D eigenvalue weighted by Crippen LogP contribution is 2.67. The Morgan fingerprint density at radius 2 is 1.75 bits per heavy atom. The lowest BCUT2D eigenvalue weighted by Crippen LogP contribution is -2.57. The molecule has 3 fully saturated rings. The summed E-state index contributed by atoms with van der Waals surface area (Å²) in [7, 11) is 0. The zero-order chi connectivity index (χ0) is 11.4. The summed E-state index contributed by atoms with van der Waals surface area (Å²) < 4.78 is 5.47. The Hall–Kier alpha value is -0.570. The van der Waals surface area contributed by atoms with Gasteiger partial charge in [0.25, 0.3) is 0 Å². The molecule has 3 aliphatic rings. The summed E-state index contributed by atoms with van der Waals surface area (Å²) in [5.41, 5.74) is 0.540. The molecule has 1 unspecified atom stereocenters. The number of carbonyl (C=O) groups excluding carboxylic acids is 1. The highest BCUT2D eigenvalue weighted by molar-refractivity contribution is 5.81. The van der Waals surface area contributed by atoms with Crippen molar-refractivity contribution in [3.8, 4) is 0 Å². The van der Waals surface area contributed by atoms with Gasteiger partial charge in [-0.15, -0.1) is 0 Å². The van der Waals surface area contributed by atoms with Crippen LogP contribution >= 0.6 is 0 Å². The third-order valence-electron chi connectivity index (χ3n) is 5.63. The number of hydrogen-bond acceptors (Lipinski definition) is 2. The van der Waals surface area contributed by atoms with Crippen LogP contribution in [0, 0.1) is 10.8 Å². The van der Waals surface area contributed by atoms with Crippen molar-refractivity contribution in [1.82, 2.24) is 5.32 Å². The summed E-state index contributed by atoms with van der Waals surface area (Å²) >= 11 is 0. The van der Waals surface area contributed by atoms with Gasteiger partial charge in [-0.1, -0.05) is 13.8 Å². The molecule has 1 aliphatic carbocycles. The maximum absolute atomic E-state index is 11.9. The fourth-order valence-corrected chi connectivity index (χ4v) is 3.87. The summed E-state index contributed by atoms with van der Waals surface area (Å²) in [6, 6.07) is 0. The van der Waals surface area contributed by atoms with Gasteiger partial charge in [0.2, 0.25) is 5.91 Å². The standard InChI is InChI=1S/C13H21NO2/c1-11(3-4-11)12(2)9-10(15)14-13(12)5-7-16-8-6-13/h3-9H2,1-2H3,(H,14,15). The van der Waals surface area contributed by atoms with E-state index < -0.39 is 0 Å². The van der Waals surface area contributed by atoms with E-state index in [2.05, 4.69) is 19.2 Å². The third kappa shape index (κ3) is 1.15. The maximum Gasteiger partial charge on any atom is 0.221 e. The highest BCUT2D eigenvalue weighted by Gasteiger charge is 2.66. The van der Waals surface area contributed by atoms with Gasteiger partial charge in [-0.3, -0.25) is 4.79 Å². The van der Waals surface area contributed by atoms with Crippen molar-refractivity contribution in [2.75, 3.05) is 13.2 Å². The van der Waals surface area contributed by atoms with Crippen LogP contribution in [0.3, 0.4) is 0 Å². The summed E-state index contributed by atoms with van der Waals surface area (Å²) in [6.45, 7) is 6.27. The molecule has 1 amide bonds. The minimum Gasteiger partial charge on any atom is -0.381 e. The van der Waals surface area contributed by atoms with Crippen LogP contribution in [0.2, 0.25) is 0 Å². The van der Waals surface area contributed by atoms with Crippen LogP contribution in [-0.4, -0.2) is 24.7 Å². The van der Waals surface area contributed by atoms with Gasteiger partial charge in [0.05, 0.1) is 5.54 Å². The first-order chi connectivity index (χ1) is 7.52. The van der Waals surface area contributed by atoms with E-state index in [0.29, 0.717) is 11.8 Å². The Balaban J connectivity index is 1.98. The molecule has 2 saturated heterocycles. The Morgan fingerprint density at radius 3 is 2.31 bits per heavy atom. The molecule has 1 saturated carbocycles. The van der Waals surface area contributed by atoms with Gasteiger partial charge >= 0.3 is 0 Å². The molecule has 0 aromatic carbocycles. The predicted octanol–water partition coefficient (Wildman–Crippen LogP) is 1.86. The summed E-state index contributed by atoms with van der Waals surface area (Å²) in [6.07, 6.45) is 5.25. The number of amides is 1. The van der Waals surface area contributed by atoms with Gasteiger partial charge < -0.3 is 10.1 Å². The molecule has 3 nitrogen and oxygen atoms in total. The van der Waals surface area contributed by atoms with Crippen LogP contribution in [-0.2, 0) is 9.53 Å². The minimum atomic E-state index is 0.0214. The monoisotopic (exact) mass is 223 g/mol. The summed E-state index contributed by atoms with van der Waals surface area (Å²) in [4.78, 5) is 11.9. The average molecular weight is 223 g/mol. The molecule has 1 N–H and O–H groups in total. The summed E-state index contributed by atoms with van der Waals surface area (Å²) in [5.74, 6) is 0.248. The molecule has 0 aromatic heterocycles. The first kappa shape index (κ1) is 10.6. The minimum absolute atomic E-state index is 0.0214. The van der Waals surface area contributed by atoms with E-state index in [9.17, 15) is 4.79 Å². The Kier molecular flexibility index (Phi) is 1.99. The normalized spacial score (nSPS) is 39.8. The molecule has 1 atom stereocenters. The largest absolute Gasteiger partial charge is 0.381 e. The van der Waals surface area contributed by atoms with E-state index in [1.54, 1.807) is 0 Å². The maximum atomic E-state index is 11.9. The summed E-state index contributed by atoms with van der Waals surface area (Å²) in [5, 5.41) is 3.29.